The van der Waals surface area contributed by atoms with Crippen LogP contribution in [0.2, 0.25) is 10.0 Å². The highest BCUT2D eigenvalue weighted by Gasteiger charge is 2.25. The molecule has 0 aliphatic carbocycles. The van der Waals surface area contributed by atoms with Gasteiger partial charge in [-0.2, -0.15) is 0 Å². The number of carbonyl (C=O) groups is 3. The summed E-state index contributed by atoms with van der Waals surface area (Å²) in [6.07, 6.45) is -0.354. The zero-order chi connectivity index (χ0) is 24.3. The molecule has 1 atom stereocenters. The third-order valence-corrected chi connectivity index (χ3v) is 6.31. The molecule has 170 valence electrons. The number of hydrogen-bond donors (Lipinski definition) is 3. The number of carboxylic acid groups (broad SMARTS) is 1. The Kier molecular flexibility index (Phi) is 7.79. The van der Waals surface area contributed by atoms with Crippen LogP contribution in [0.4, 0.5) is 11.4 Å². The van der Waals surface area contributed by atoms with E-state index in [0.29, 0.717) is 43.1 Å². The van der Waals surface area contributed by atoms with Crippen LogP contribution in [-0.2, 0) is 9.59 Å². The zero-order valence-corrected chi connectivity index (χ0v) is 20.5. The van der Waals surface area contributed by atoms with Crippen molar-refractivity contribution in [3.05, 3.63) is 91.4 Å². The van der Waals surface area contributed by atoms with Crippen molar-refractivity contribution in [1.82, 2.24) is 0 Å². The van der Waals surface area contributed by atoms with Crippen LogP contribution in [0, 0.1) is 6.92 Å². The highest BCUT2D eigenvalue weighted by atomic mass is 79.9. The summed E-state index contributed by atoms with van der Waals surface area (Å²) in [6, 6.07) is 14.9. The number of benzene rings is 3. The summed E-state index contributed by atoms with van der Waals surface area (Å²) < 4.78 is 0.648. The predicted molar refractivity (Wildman–Crippen MR) is 133 cm³/mol. The Morgan fingerprint density at radius 2 is 1.76 bits per heavy atom. The second-order valence-corrected chi connectivity index (χ2v) is 9.08. The van der Waals surface area contributed by atoms with Gasteiger partial charge in [0.1, 0.15) is 0 Å². The van der Waals surface area contributed by atoms with Gasteiger partial charge in [-0.3, -0.25) is 14.4 Å². The molecular weight excluding hydrogens is 531 g/mol. The molecule has 0 radical (unpaired) electrons. The molecule has 6 nitrogen and oxygen atoms in total. The van der Waals surface area contributed by atoms with Gasteiger partial charge < -0.3 is 16.2 Å². The Balaban J connectivity index is 1.95. The molecule has 1 amide bonds. The van der Waals surface area contributed by atoms with Gasteiger partial charge in [0.2, 0.25) is 5.91 Å². The molecule has 0 aromatic heterocycles. The maximum absolute atomic E-state index is 13.0. The molecule has 33 heavy (non-hydrogen) atoms. The van der Waals surface area contributed by atoms with E-state index in [9.17, 15) is 19.5 Å². The molecule has 3 aromatic rings. The van der Waals surface area contributed by atoms with Gasteiger partial charge in [0.15, 0.2) is 5.78 Å². The van der Waals surface area contributed by atoms with E-state index in [4.69, 9.17) is 28.9 Å². The Morgan fingerprint density at radius 1 is 1.03 bits per heavy atom. The van der Waals surface area contributed by atoms with Gasteiger partial charge in [-0.15, -0.1) is 0 Å². The van der Waals surface area contributed by atoms with Crippen molar-refractivity contribution in [2.45, 2.75) is 19.3 Å². The lowest BCUT2D eigenvalue weighted by Gasteiger charge is -2.18. The first kappa shape index (κ1) is 24.8. The topological polar surface area (TPSA) is 109 Å². The summed E-state index contributed by atoms with van der Waals surface area (Å²) in [5.41, 5.74) is 8.05. The molecular formula is C24H19BrCl2N2O4. The molecule has 3 aromatic carbocycles. The number of carbonyl (C=O) groups excluding carboxylic acids is 2. The Labute approximate surface area is 208 Å². The zero-order valence-electron chi connectivity index (χ0n) is 17.4. The standard InChI is InChI=1S/C24H19BrCl2N2O4/c1-12-15(3-2-4-19(12)26)23(31)16-7-6-14(10-20(16)27)29-21-8-5-13(25)9-17(21)18(24(32)33)11-22(28)30/h2-10,18,29H,11H2,1H3,(H2,28,30)(H,32,33). The summed E-state index contributed by atoms with van der Waals surface area (Å²) in [5, 5.41) is 13.5. The minimum absolute atomic E-state index is 0.218. The van der Waals surface area contributed by atoms with Gasteiger partial charge in [-0.25, -0.2) is 0 Å². The third-order valence-electron chi connectivity index (χ3n) is 5.10. The summed E-state index contributed by atoms with van der Waals surface area (Å²) >= 11 is 15.9. The highest BCUT2D eigenvalue weighted by molar-refractivity contribution is 9.10. The van der Waals surface area contributed by atoms with Gasteiger partial charge >= 0.3 is 5.97 Å². The van der Waals surface area contributed by atoms with Gasteiger partial charge in [0.05, 0.1) is 10.9 Å². The molecule has 1 unspecified atom stereocenters. The average Bonchev–Trinajstić information content (AvgIpc) is 2.74. The number of halogens is 3. The maximum atomic E-state index is 13.0. The number of carboxylic acids is 1. The van der Waals surface area contributed by atoms with Crippen molar-refractivity contribution >= 4 is 68.2 Å². The summed E-state index contributed by atoms with van der Waals surface area (Å²) in [5.74, 6) is -3.30. The lowest BCUT2D eigenvalue weighted by atomic mass is 9.93. The number of amides is 1. The molecule has 0 saturated carbocycles. The normalized spacial score (nSPS) is 11.6. The van der Waals surface area contributed by atoms with E-state index in [1.807, 2.05) is 0 Å². The maximum Gasteiger partial charge on any atom is 0.311 e. The van der Waals surface area contributed by atoms with Crippen molar-refractivity contribution in [3.63, 3.8) is 0 Å². The fourth-order valence-corrected chi connectivity index (χ4v) is 4.22. The van der Waals surface area contributed by atoms with E-state index < -0.39 is 17.8 Å². The number of hydrogen-bond acceptors (Lipinski definition) is 4. The second-order valence-electron chi connectivity index (χ2n) is 7.35. The van der Waals surface area contributed by atoms with E-state index in [-0.39, 0.29) is 17.2 Å². The van der Waals surface area contributed by atoms with Crippen LogP contribution in [0.3, 0.4) is 0 Å². The monoisotopic (exact) mass is 548 g/mol. The molecule has 0 bridgehead atoms. The van der Waals surface area contributed by atoms with Crippen molar-refractivity contribution in [2.24, 2.45) is 5.73 Å². The number of anilines is 2. The number of primary amides is 1. The predicted octanol–water partition coefficient (Wildman–Crippen LogP) is 6.08. The first-order valence-electron chi connectivity index (χ1n) is 9.75. The molecule has 0 spiro atoms. The number of nitrogens with two attached hydrogens (primary N) is 1. The van der Waals surface area contributed by atoms with Gasteiger partial charge in [-0.1, -0.05) is 51.3 Å². The first-order chi connectivity index (χ1) is 15.6. The molecule has 3 rings (SSSR count). The van der Waals surface area contributed by atoms with E-state index in [1.54, 1.807) is 61.5 Å². The SMILES string of the molecule is Cc1c(Cl)cccc1C(=O)c1ccc(Nc2ccc(Br)cc2C(CC(N)=O)C(=O)O)cc1Cl. The van der Waals surface area contributed by atoms with Gasteiger partial charge in [0, 0.05) is 38.4 Å². The van der Waals surface area contributed by atoms with E-state index in [0.717, 1.165) is 0 Å². The fourth-order valence-electron chi connectivity index (χ4n) is 3.40. The second kappa shape index (κ2) is 10.4. The van der Waals surface area contributed by atoms with E-state index in [1.165, 1.54) is 0 Å². The molecule has 0 saturated heterocycles. The Bertz CT molecular complexity index is 1260. The summed E-state index contributed by atoms with van der Waals surface area (Å²) in [6.45, 7) is 1.76. The van der Waals surface area contributed by atoms with Crippen molar-refractivity contribution in [3.8, 4) is 0 Å². The lowest BCUT2D eigenvalue weighted by Crippen LogP contribution is -2.21. The van der Waals surface area contributed by atoms with Gasteiger partial charge in [-0.05, 0) is 60.5 Å². The van der Waals surface area contributed by atoms with Crippen LogP contribution in [0.5, 0.6) is 0 Å². The summed E-state index contributed by atoms with van der Waals surface area (Å²) in [7, 11) is 0. The molecule has 0 aliphatic heterocycles. The van der Waals surface area contributed by atoms with E-state index in [2.05, 4.69) is 21.2 Å². The number of ketones is 1. The average molecular weight is 550 g/mol. The van der Waals surface area contributed by atoms with Gasteiger partial charge in [0.25, 0.3) is 0 Å². The highest BCUT2D eigenvalue weighted by Crippen LogP contribution is 2.34. The van der Waals surface area contributed by atoms with Crippen LogP contribution in [0.15, 0.2) is 59.1 Å². The minimum Gasteiger partial charge on any atom is -0.481 e. The van der Waals surface area contributed by atoms with Crippen LogP contribution in [0.1, 0.15) is 39.4 Å². The molecule has 4 N–H and O–H groups in total. The van der Waals surface area contributed by atoms with E-state index >= 15 is 0 Å². The number of rotatable bonds is 8. The number of nitrogens with one attached hydrogen (secondary N) is 1. The largest absolute Gasteiger partial charge is 0.481 e. The fraction of sp³-hybridized carbons (Fsp3) is 0.125. The summed E-state index contributed by atoms with van der Waals surface area (Å²) in [4.78, 5) is 36.2. The first-order valence-corrected chi connectivity index (χ1v) is 11.3. The lowest BCUT2D eigenvalue weighted by molar-refractivity contribution is -0.140. The van der Waals surface area contributed by atoms with Crippen LogP contribution in [-0.4, -0.2) is 22.8 Å². The van der Waals surface area contributed by atoms with Crippen molar-refractivity contribution in [2.75, 3.05) is 5.32 Å². The van der Waals surface area contributed by atoms with Crippen LogP contribution in [0.25, 0.3) is 0 Å². The molecule has 9 heteroatoms. The smallest absolute Gasteiger partial charge is 0.311 e. The van der Waals surface area contributed by atoms with Crippen molar-refractivity contribution in [1.29, 1.82) is 0 Å². The molecule has 0 aliphatic rings. The molecule has 0 fully saturated rings. The van der Waals surface area contributed by atoms with Crippen LogP contribution < -0.4 is 11.1 Å². The Hall–Kier alpha value is -2.87. The molecule has 0 heterocycles. The third kappa shape index (κ3) is 5.74. The number of aliphatic carboxylic acids is 1. The Morgan fingerprint density at radius 3 is 2.39 bits per heavy atom. The van der Waals surface area contributed by atoms with Crippen LogP contribution >= 0.6 is 39.1 Å². The van der Waals surface area contributed by atoms with Crippen molar-refractivity contribution < 1.29 is 19.5 Å². The quantitative estimate of drug-likeness (QED) is 0.295. The minimum atomic E-state index is -1.18.